The van der Waals surface area contributed by atoms with Crippen LogP contribution in [0.15, 0.2) is 96.1 Å². The Balaban J connectivity index is 1.34. The highest BCUT2D eigenvalue weighted by molar-refractivity contribution is 14.1. The van der Waals surface area contributed by atoms with Crippen molar-refractivity contribution in [2.24, 2.45) is 5.10 Å². The van der Waals surface area contributed by atoms with E-state index in [1.165, 1.54) is 20.4 Å². The molecule has 0 fully saturated rings. The minimum atomic E-state index is -0.548. The maximum Gasteiger partial charge on any atom is 0.343 e. The van der Waals surface area contributed by atoms with Crippen LogP contribution in [0.25, 0.3) is 22.0 Å². The van der Waals surface area contributed by atoms with Gasteiger partial charge in [0.05, 0.1) is 26.0 Å². The van der Waals surface area contributed by atoms with Crippen molar-refractivity contribution >= 4 is 51.6 Å². The van der Waals surface area contributed by atoms with Gasteiger partial charge in [-0.25, -0.2) is 10.2 Å². The smallest absolute Gasteiger partial charge is 0.343 e. The Labute approximate surface area is 244 Å². The number of nitrogens with one attached hydrogen (secondary N) is 2. The number of methoxy groups -OCH3 is 2. The fraction of sp³-hybridized carbons (Fsp3) is 0.0645. The zero-order valence-corrected chi connectivity index (χ0v) is 23.8. The first-order chi connectivity index (χ1) is 19.5. The maximum atomic E-state index is 13.2. The number of aromatic amines is 1. The standard InChI is InChI=1S/C31H24IN3O5/c1-38-23-10-6-9-21(16-23)31(37)40-26-14-11-19(15-27(26)39-2)18-33-35-30(36)29-28(20-7-4-3-5-8-20)24-17-22(32)12-13-25(24)34-29/h3-18,34H,1-2H3,(H,35,36). The Morgan fingerprint density at radius 2 is 1.70 bits per heavy atom. The predicted octanol–water partition coefficient (Wildman–Crippen LogP) is 6.44. The average molecular weight is 645 g/mol. The van der Waals surface area contributed by atoms with E-state index in [2.05, 4.69) is 38.1 Å². The molecule has 0 saturated heterocycles. The molecule has 2 N–H and O–H groups in total. The topological polar surface area (TPSA) is 102 Å². The molecule has 0 atom stereocenters. The first kappa shape index (κ1) is 26.9. The Morgan fingerprint density at radius 1 is 0.875 bits per heavy atom. The SMILES string of the molecule is COc1cccc(C(=O)Oc2ccc(C=NNC(=O)c3[nH]c4ccc(I)cc4c3-c3ccccc3)cc2OC)c1. The highest BCUT2D eigenvalue weighted by Crippen LogP contribution is 2.33. The van der Waals surface area contributed by atoms with Gasteiger partial charge in [0.25, 0.3) is 5.91 Å². The summed E-state index contributed by atoms with van der Waals surface area (Å²) in [6, 6.07) is 27.4. The van der Waals surface area contributed by atoms with E-state index in [9.17, 15) is 9.59 Å². The summed E-state index contributed by atoms with van der Waals surface area (Å²) in [5.41, 5.74) is 6.59. The summed E-state index contributed by atoms with van der Waals surface area (Å²) in [6.45, 7) is 0. The number of hydrogen-bond acceptors (Lipinski definition) is 6. The molecule has 0 bridgehead atoms. The van der Waals surface area contributed by atoms with Crippen LogP contribution in [-0.2, 0) is 0 Å². The van der Waals surface area contributed by atoms with Crippen molar-refractivity contribution in [3.63, 3.8) is 0 Å². The number of ether oxygens (including phenoxy) is 3. The van der Waals surface area contributed by atoms with Crippen molar-refractivity contribution < 1.29 is 23.8 Å². The first-order valence-corrected chi connectivity index (χ1v) is 13.3. The number of H-pyrrole nitrogens is 1. The number of halogens is 1. The van der Waals surface area contributed by atoms with Gasteiger partial charge >= 0.3 is 5.97 Å². The molecule has 0 aliphatic carbocycles. The number of nitrogens with zero attached hydrogens (tertiary/aromatic N) is 1. The first-order valence-electron chi connectivity index (χ1n) is 12.2. The normalized spacial score (nSPS) is 11.0. The third kappa shape index (κ3) is 5.84. The summed E-state index contributed by atoms with van der Waals surface area (Å²) in [5, 5.41) is 5.10. The summed E-state index contributed by atoms with van der Waals surface area (Å²) in [7, 11) is 3.00. The zero-order chi connectivity index (χ0) is 28.1. The number of hydrazone groups is 1. The molecule has 5 rings (SSSR count). The molecule has 0 unspecified atom stereocenters. The lowest BCUT2D eigenvalue weighted by Gasteiger charge is -2.10. The van der Waals surface area contributed by atoms with Crippen LogP contribution in [0, 0.1) is 3.57 Å². The molecule has 0 aliphatic heterocycles. The predicted molar refractivity (Wildman–Crippen MR) is 162 cm³/mol. The van der Waals surface area contributed by atoms with Crippen molar-refractivity contribution in [2.45, 2.75) is 0 Å². The third-order valence-electron chi connectivity index (χ3n) is 6.13. The van der Waals surface area contributed by atoms with Gasteiger partial charge in [0, 0.05) is 20.0 Å². The van der Waals surface area contributed by atoms with Crippen LogP contribution in [0.3, 0.4) is 0 Å². The second-order valence-corrected chi connectivity index (χ2v) is 9.91. The zero-order valence-electron chi connectivity index (χ0n) is 21.6. The Bertz CT molecular complexity index is 1730. The lowest BCUT2D eigenvalue weighted by molar-refractivity contribution is 0.0729. The quantitative estimate of drug-likeness (QED) is 0.0665. The second-order valence-electron chi connectivity index (χ2n) is 8.66. The van der Waals surface area contributed by atoms with Crippen LogP contribution in [-0.4, -0.2) is 37.3 Å². The third-order valence-corrected chi connectivity index (χ3v) is 6.80. The lowest BCUT2D eigenvalue weighted by Crippen LogP contribution is -2.18. The van der Waals surface area contributed by atoms with E-state index >= 15 is 0 Å². The Hall–Kier alpha value is -4.64. The number of esters is 1. The number of benzene rings is 4. The summed E-state index contributed by atoms with van der Waals surface area (Å²) >= 11 is 2.26. The molecular formula is C31H24IN3O5. The van der Waals surface area contributed by atoms with Gasteiger partial charge in [-0.05, 0) is 88.3 Å². The highest BCUT2D eigenvalue weighted by Gasteiger charge is 2.19. The van der Waals surface area contributed by atoms with E-state index in [1.54, 1.807) is 42.5 Å². The van der Waals surface area contributed by atoms with Crippen molar-refractivity contribution in [2.75, 3.05) is 14.2 Å². The summed E-state index contributed by atoms with van der Waals surface area (Å²) in [6.07, 6.45) is 1.49. The molecule has 200 valence electrons. The molecule has 1 amide bonds. The van der Waals surface area contributed by atoms with Crippen molar-refractivity contribution in [1.29, 1.82) is 0 Å². The molecule has 9 heteroatoms. The summed E-state index contributed by atoms with van der Waals surface area (Å²) < 4.78 is 17.2. The number of aromatic nitrogens is 1. The maximum absolute atomic E-state index is 13.2. The minimum Gasteiger partial charge on any atom is -0.497 e. The monoisotopic (exact) mass is 645 g/mol. The fourth-order valence-electron chi connectivity index (χ4n) is 4.22. The molecule has 0 spiro atoms. The van der Waals surface area contributed by atoms with E-state index in [4.69, 9.17) is 14.2 Å². The molecule has 0 radical (unpaired) electrons. The van der Waals surface area contributed by atoms with Gasteiger partial charge in [0.15, 0.2) is 11.5 Å². The lowest BCUT2D eigenvalue weighted by atomic mass is 10.0. The highest BCUT2D eigenvalue weighted by atomic mass is 127. The molecule has 40 heavy (non-hydrogen) atoms. The van der Waals surface area contributed by atoms with Gasteiger partial charge < -0.3 is 19.2 Å². The number of rotatable bonds is 8. The van der Waals surface area contributed by atoms with Crippen molar-refractivity contribution in [1.82, 2.24) is 10.4 Å². The van der Waals surface area contributed by atoms with E-state index < -0.39 is 5.97 Å². The molecule has 1 aromatic heterocycles. The van der Waals surface area contributed by atoms with Gasteiger partial charge in [-0.15, -0.1) is 0 Å². The van der Waals surface area contributed by atoms with Gasteiger partial charge in [-0.3, -0.25) is 4.79 Å². The number of fused-ring (bicyclic) bond motifs is 1. The van der Waals surface area contributed by atoms with Crippen LogP contribution in [0.4, 0.5) is 0 Å². The van der Waals surface area contributed by atoms with Crippen LogP contribution in [0.1, 0.15) is 26.4 Å². The van der Waals surface area contributed by atoms with Crippen LogP contribution in [0.2, 0.25) is 0 Å². The number of hydrogen-bond donors (Lipinski definition) is 2. The Kier molecular flexibility index (Phi) is 8.11. The minimum absolute atomic E-state index is 0.247. The molecule has 5 aromatic rings. The Morgan fingerprint density at radius 3 is 2.48 bits per heavy atom. The molecular weight excluding hydrogens is 621 g/mol. The molecule has 8 nitrogen and oxygen atoms in total. The van der Waals surface area contributed by atoms with Crippen LogP contribution in [0.5, 0.6) is 17.2 Å². The molecule has 0 aliphatic rings. The van der Waals surface area contributed by atoms with E-state index in [-0.39, 0.29) is 11.7 Å². The van der Waals surface area contributed by atoms with Crippen molar-refractivity contribution in [3.05, 3.63) is 111 Å². The molecule has 4 aromatic carbocycles. The number of carbonyl (C=O) groups is 2. The average Bonchev–Trinajstić information content (AvgIpc) is 3.37. The number of carbonyl (C=O) groups excluding carboxylic acids is 2. The molecule has 1 heterocycles. The number of amides is 1. The van der Waals surface area contributed by atoms with Gasteiger partial charge in [0.1, 0.15) is 11.4 Å². The fourth-order valence-corrected chi connectivity index (χ4v) is 4.71. The van der Waals surface area contributed by atoms with Crippen molar-refractivity contribution in [3.8, 4) is 28.4 Å². The van der Waals surface area contributed by atoms with E-state index in [0.29, 0.717) is 28.3 Å². The van der Waals surface area contributed by atoms with Crippen LogP contribution < -0.4 is 19.6 Å². The summed E-state index contributed by atoms with van der Waals surface area (Å²) in [4.78, 5) is 29.1. The van der Waals surface area contributed by atoms with Crippen LogP contribution >= 0.6 is 22.6 Å². The second kappa shape index (κ2) is 12.0. The molecule has 0 saturated carbocycles. The summed E-state index contributed by atoms with van der Waals surface area (Å²) in [5.74, 6) is 0.207. The van der Waals surface area contributed by atoms with Gasteiger partial charge in [0.2, 0.25) is 0 Å². The van der Waals surface area contributed by atoms with Gasteiger partial charge in [-0.1, -0.05) is 36.4 Å². The van der Waals surface area contributed by atoms with Gasteiger partial charge in [-0.2, -0.15) is 5.10 Å². The van der Waals surface area contributed by atoms with E-state index in [1.807, 2.05) is 48.5 Å². The van der Waals surface area contributed by atoms with E-state index in [0.717, 1.165) is 25.6 Å². The largest absolute Gasteiger partial charge is 0.497 e.